The van der Waals surface area contributed by atoms with Crippen molar-refractivity contribution in [2.45, 2.75) is 109 Å². The predicted octanol–water partition coefficient (Wildman–Crippen LogP) is 9.98. The zero-order valence-electron chi connectivity index (χ0n) is 19.9. The molecule has 2 aliphatic rings. The number of hydrogen-bond donors (Lipinski definition) is 0. The maximum absolute atomic E-state index is 14.3. The van der Waals surface area contributed by atoms with E-state index < -0.39 is 23.4 Å². The normalized spacial score (nSPS) is 26.7. The van der Waals surface area contributed by atoms with Crippen molar-refractivity contribution in [2.75, 3.05) is 0 Å². The Morgan fingerprint density at radius 1 is 0.788 bits per heavy atom. The van der Waals surface area contributed by atoms with Gasteiger partial charge in [0.1, 0.15) is 11.6 Å². The van der Waals surface area contributed by atoms with Crippen LogP contribution in [0.2, 0.25) is 0 Å². The fourth-order valence-electron chi connectivity index (χ4n) is 6.09. The van der Waals surface area contributed by atoms with E-state index in [-0.39, 0.29) is 12.0 Å². The van der Waals surface area contributed by atoms with Crippen LogP contribution in [0.25, 0.3) is 6.08 Å². The van der Waals surface area contributed by atoms with Crippen molar-refractivity contribution in [2.24, 2.45) is 17.8 Å². The molecule has 5 heteroatoms. The van der Waals surface area contributed by atoms with E-state index in [0.717, 1.165) is 37.5 Å². The largest absolute Gasteiger partial charge is 0.409 e. The number of hydrogen-bond acceptors (Lipinski definition) is 0. The summed E-state index contributed by atoms with van der Waals surface area (Å²) in [7, 11) is 0. The van der Waals surface area contributed by atoms with Gasteiger partial charge in [-0.25, -0.2) is 8.78 Å². The molecule has 0 unspecified atom stereocenters. The van der Waals surface area contributed by atoms with Gasteiger partial charge in [-0.2, -0.15) is 13.2 Å². The van der Waals surface area contributed by atoms with Gasteiger partial charge in [0.15, 0.2) is 0 Å². The summed E-state index contributed by atoms with van der Waals surface area (Å²) in [5.41, 5.74) is -0.0359. The third-order valence-electron chi connectivity index (χ3n) is 8.06. The van der Waals surface area contributed by atoms with E-state index in [4.69, 9.17) is 0 Å². The Morgan fingerprint density at radius 2 is 1.33 bits per heavy atom. The smallest absolute Gasteiger partial charge is 0.206 e. The highest BCUT2D eigenvalue weighted by atomic mass is 19.4. The number of allylic oxidation sites excluding steroid dienone is 1. The van der Waals surface area contributed by atoms with E-state index in [1.54, 1.807) is 0 Å². The van der Waals surface area contributed by atoms with Crippen molar-refractivity contribution >= 4 is 6.08 Å². The molecular weight excluding hydrogens is 431 g/mol. The average Bonchev–Trinajstić information content (AvgIpc) is 2.78. The molecule has 0 N–H and O–H groups in total. The van der Waals surface area contributed by atoms with Gasteiger partial charge < -0.3 is 0 Å². The molecule has 2 fully saturated rings. The van der Waals surface area contributed by atoms with Crippen LogP contribution in [-0.2, 0) is 0 Å². The van der Waals surface area contributed by atoms with Crippen molar-refractivity contribution in [3.05, 3.63) is 41.0 Å². The quantitative estimate of drug-likeness (QED) is 0.249. The van der Waals surface area contributed by atoms with Gasteiger partial charge in [-0.05, 0) is 86.0 Å². The third-order valence-corrected chi connectivity index (χ3v) is 8.06. The van der Waals surface area contributed by atoms with Gasteiger partial charge in [-0.3, -0.25) is 0 Å². The summed E-state index contributed by atoms with van der Waals surface area (Å²) in [6.07, 6.45) is 13.2. The van der Waals surface area contributed by atoms with Crippen LogP contribution in [0.1, 0.15) is 114 Å². The van der Waals surface area contributed by atoms with Crippen molar-refractivity contribution in [1.29, 1.82) is 0 Å². The molecule has 33 heavy (non-hydrogen) atoms. The van der Waals surface area contributed by atoms with E-state index in [2.05, 4.69) is 6.92 Å². The molecule has 0 bridgehead atoms. The lowest BCUT2D eigenvalue weighted by Crippen LogP contribution is -2.25. The summed E-state index contributed by atoms with van der Waals surface area (Å²) >= 11 is 0. The van der Waals surface area contributed by atoms with E-state index >= 15 is 0 Å². The maximum Gasteiger partial charge on any atom is 0.409 e. The molecule has 186 valence electrons. The fourth-order valence-corrected chi connectivity index (χ4v) is 6.09. The van der Waals surface area contributed by atoms with Gasteiger partial charge >= 0.3 is 6.18 Å². The first-order chi connectivity index (χ1) is 15.8. The van der Waals surface area contributed by atoms with Crippen LogP contribution in [0.15, 0.2) is 18.2 Å². The lowest BCUT2D eigenvalue weighted by atomic mass is 9.68. The Balaban J connectivity index is 1.45. The molecule has 0 aliphatic heterocycles. The Kier molecular flexibility index (Phi) is 9.81. The van der Waals surface area contributed by atoms with Crippen LogP contribution in [0.4, 0.5) is 22.0 Å². The Hall–Kier alpha value is -1.39. The number of halogens is 5. The summed E-state index contributed by atoms with van der Waals surface area (Å²) in [4.78, 5) is 0. The standard InChI is InChI=1S/C28H39F5/c1-2-3-4-5-6-7-20-8-10-21(11-9-20)22-12-14-23(15-13-22)24-18-26(29)25(27(30)19-24)16-17-28(31,32)33/h16-23H,2-15H2,1H3. The van der Waals surface area contributed by atoms with E-state index in [1.807, 2.05) is 0 Å². The molecule has 0 heterocycles. The second-order valence-electron chi connectivity index (χ2n) is 10.4. The first kappa shape index (κ1) is 26.2. The minimum absolute atomic E-state index is 0.0883. The predicted molar refractivity (Wildman–Crippen MR) is 125 cm³/mol. The highest BCUT2D eigenvalue weighted by Crippen LogP contribution is 2.45. The maximum atomic E-state index is 14.3. The van der Waals surface area contributed by atoms with E-state index in [0.29, 0.717) is 17.6 Å². The zero-order valence-corrected chi connectivity index (χ0v) is 19.9. The van der Waals surface area contributed by atoms with Crippen LogP contribution < -0.4 is 0 Å². The molecule has 0 nitrogen and oxygen atoms in total. The molecule has 0 spiro atoms. The summed E-state index contributed by atoms with van der Waals surface area (Å²) in [5.74, 6) is 0.641. The fraction of sp³-hybridized carbons (Fsp3) is 0.714. The number of unbranched alkanes of at least 4 members (excludes halogenated alkanes) is 4. The van der Waals surface area contributed by atoms with E-state index in [1.165, 1.54) is 76.3 Å². The van der Waals surface area contributed by atoms with Crippen LogP contribution in [-0.4, -0.2) is 6.18 Å². The van der Waals surface area contributed by atoms with Crippen LogP contribution >= 0.6 is 0 Å². The van der Waals surface area contributed by atoms with Gasteiger partial charge in [0, 0.05) is 11.6 Å². The van der Waals surface area contributed by atoms with Crippen LogP contribution in [0, 0.1) is 29.4 Å². The molecule has 2 aliphatic carbocycles. The lowest BCUT2D eigenvalue weighted by molar-refractivity contribution is -0.0790. The van der Waals surface area contributed by atoms with E-state index in [9.17, 15) is 22.0 Å². The molecule has 1 aromatic rings. The Morgan fingerprint density at radius 3 is 1.88 bits per heavy atom. The topological polar surface area (TPSA) is 0 Å². The van der Waals surface area contributed by atoms with Gasteiger partial charge in [-0.1, -0.05) is 58.3 Å². The zero-order chi connectivity index (χ0) is 23.8. The van der Waals surface area contributed by atoms with Crippen molar-refractivity contribution in [3.63, 3.8) is 0 Å². The second kappa shape index (κ2) is 12.4. The molecule has 0 atom stereocenters. The van der Waals surface area contributed by atoms with Gasteiger partial charge in [0.2, 0.25) is 0 Å². The number of benzene rings is 1. The summed E-state index contributed by atoms with van der Waals surface area (Å²) < 4.78 is 65.7. The van der Waals surface area contributed by atoms with Crippen molar-refractivity contribution < 1.29 is 22.0 Å². The molecule has 0 amide bonds. The molecular formula is C28H39F5. The summed E-state index contributed by atoms with van der Waals surface area (Å²) in [5, 5.41) is 0. The van der Waals surface area contributed by atoms with Crippen LogP contribution in [0.3, 0.4) is 0 Å². The molecule has 1 aromatic carbocycles. The Bertz CT molecular complexity index is 727. The highest BCUT2D eigenvalue weighted by Gasteiger charge is 2.31. The van der Waals surface area contributed by atoms with Crippen LogP contribution in [0.5, 0.6) is 0 Å². The van der Waals surface area contributed by atoms with Gasteiger partial charge in [0.25, 0.3) is 0 Å². The van der Waals surface area contributed by atoms with Crippen molar-refractivity contribution in [1.82, 2.24) is 0 Å². The molecule has 2 saturated carbocycles. The SMILES string of the molecule is CCCCCCCC1CCC(C2CCC(c3cc(F)c(C=CC(F)(F)F)c(F)c3)CC2)CC1. The second-order valence-corrected chi connectivity index (χ2v) is 10.4. The minimum Gasteiger partial charge on any atom is -0.206 e. The minimum atomic E-state index is -4.59. The first-order valence-electron chi connectivity index (χ1n) is 13.0. The summed E-state index contributed by atoms with van der Waals surface area (Å²) in [6.45, 7) is 2.25. The van der Waals surface area contributed by atoms with Crippen molar-refractivity contribution in [3.8, 4) is 0 Å². The number of rotatable bonds is 9. The summed E-state index contributed by atoms with van der Waals surface area (Å²) in [6, 6.07) is 2.46. The monoisotopic (exact) mass is 470 g/mol. The Labute approximate surface area is 196 Å². The molecule has 0 aromatic heterocycles. The number of alkyl halides is 3. The third kappa shape index (κ3) is 8.10. The average molecular weight is 471 g/mol. The van der Waals surface area contributed by atoms with Gasteiger partial charge in [0.05, 0.1) is 0 Å². The van der Waals surface area contributed by atoms with Gasteiger partial charge in [-0.15, -0.1) is 0 Å². The lowest BCUT2D eigenvalue weighted by Gasteiger charge is -2.38. The first-order valence-corrected chi connectivity index (χ1v) is 13.0. The molecule has 3 rings (SSSR count). The molecule has 0 saturated heterocycles. The molecule has 0 radical (unpaired) electrons. The highest BCUT2D eigenvalue weighted by molar-refractivity contribution is 5.52.